The molecule has 116 valence electrons. The van der Waals surface area contributed by atoms with Crippen LogP contribution in [0.4, 0.5) is 0 Å². The molecule has 0 aromatic heterocycles. The third kappa shape index (κ3) is 4.72. The third-order valence-corrected chi connectivity index (χ3v) is 4.33. The molecule has 20 heavy (non-hydrogen) atoms. The fourth-order valence-electron chi connectivity index (χ4n) is 2.95. The first-order valence-electron chi connectivity index (χ1n) is 7.75. The summed E-state index contributed by atoms with van der Waals surface area (Å²) in [6.45, 7) is 2.39. The van der Waals surface area contributed by atoms with Crippen molar-refractivity contribution < 1.29 is 19.4 Å². The largest absolute Gasteiger partial charge is 0.388 e. The first-order valence-corrected chi connectivity index (χ1v) is 7.75. The van der Waals surface area contributed by atoms with Gasteiger partial charge in [0, 0.05) is 52.7 Å². The molecule has 5 heteroatoms. The first kappa shape index (κ1) is 15.7. The van der Waals surface area contributed by atoms with Gasteiger partial charge in [0.05, 0.1) is 11.7 Å². The molecule has 0 saturated carbocycles. The van der Waals surface area contributed by atoms with Crippen molar-refractivity contribution in [3.8, 4) is 0 Å². The van der Waals surface area contributed by atoms with Gasteiger partial charge in [0.15, 0.2) is 0 Å². The molecule has 0 radical (unpaired) electrons. The average molecular weight is 285 g/mol. The lowest BCUT2D eigenvalue weighted by atomic mass is 9.93. The highest BCUT2D eigenvalue weighted by atomic mass is 16.5. The van der Waals surface area contributed by atoms with E-state index in [1.807, 2.05) is 0 Å². The van der Waals surface area contributed by atoms with Gasteiger partial charge in [0.2, 0.25) is 5.91 Å². The SMILES string of the molecule is CN(CC1(O)CCOCC1)C(=O)CCC1CCCCO1. The Kier molecular flexibility index (Phi) is 5.81. The van der Waals surface area contributed by atoms with Gasteiger partial charge >= 0.3 is 0 Å². The van der Waals surface area contributed by atoms with Gasteiger partial charge in [-0.1, -0.05) is 0 Å². The van der Waals surface area contributed by atoms with Crippen LogP contribution < -0.4 is 0 Å². The second kappa shape index (κ2) is 7.38. The summed E-state index contributed by atoms with van der Waals surface area (Å²) < 4.78 is 10.9. The number of rotatable bonds is 5. The quantitative estimate of drug-likeness (QED) is 0.828. The van der Waals surface area contributed by atoms with E-state index in [-0.39, 0.29) is 12.0 Å². The Labute approximate surface area is 121 Å². The Morgan fingerprint density at radius 3 is 2.70 bits per heavy atom. The molecule has 1 N–H and O–H groups in total. The van der Waals surface area contributed by atoms with Crippen molar-refractivity contribution in [1.29, 1.82) is 0 Å². The molecule has 2 saturated heterocycles. The molecule has 0 aromatic carbocycles. The number of ether oxygens (including phenoxy) is 2. The van der Waals surface area contributed by atoms with E-state index in [2.05, 4.69) is 0 Å². The number of amides is 1. The summed E-state index contributed by atoms with van der Waals surface area (Å²) in [5.41, 5.74) is -0.774. The highest BCUT2D eigenvalue weighted by Crippen LogP contribution is 2.22. The summed E-state index contributed by atoms with van der Waals surface area (Å²) >= 11 is 0. The van der Waals surface area contributed by atoms with Gasteiger partial charge in [-0.15, -0.1) is 0 Å². The van der Waals surface area contributed by atoms with Gasteiger partial charge in [-0.2, -0.15) is 0 Å². The summed E-state index contributed by atoms with van der Waals surface area (Å²) in [7, 11) is 1.78. The summed E-state index contributed by atoms with van der Waals surface area (Å²) in [5, 5.41) is 10.4. The maximum atomic E-state index is 12.1. The van der Waals surface area contributed by atoms with Crippen molar-refractivity contribution in [2.75, 3.05) is 33.4 Å². The van der Waals surface area contributed by atoms with Crippen molar-refractivity contribution in [1.82, 2.24) is 4.90 Å². The molecule has 0 aliphatic carbocycles. The molecule has 2 rings (SSSR count). The van der Waals surface area contributed by atoms with E-state index in [1.54, 1.807) is 11.9 Å². The fraction of sp³-hybridized carbons (Fsp3) is 0.933. The first-order chi connectivity index (χ1) is 9.59. The van der Waals surface area contributed by atoms with Crippen molar-refractivity contribution >= 4 is 5.91 Å². The number of aliphatic hydroxyl groups is 1. The summed E-state index contributed by atoms with van der Waals surface area (Å²) in [4.78, 5) is 13.8. The van der Waals surface area contributed by atoms with Crippen molar-refractivity contribution in [2.45, 2.75) is 56.7 Å². The van der Waals surface area contributed by atoms with Crippen LogP contribution in [-0.2, 0) is 14.3 Å². The van der Waals surface area contributed by atoms with Crippen LogP contribution >= 0.6 is 0 Å². The number of nitrogens with zero attached hydrogens (tertiary/aromatic N) is 1. The van der Waals surface area contributed by atoms with E-state index in [0.717, 1.165) is 25.9 Å². The predicted octanol–water partition coefficient (Wildman–Crippen LogP) is 1.34. The fourth-order valence-corrected chi connectivity index (χ4v) is 2.95. The lowest BCUT2D eigenvalue weighted by molar-refractivity contribution is -0.137. The van der Waals surface area contributed by atoms with Crippen molar-refractivity contribution in [2.24, 2.45) is 0 Å². The van der Waals surface area contributed by atoms with E-state index < -0.39 is 5.60 Å². The van der Waals surface area contributed by atoms with Crippen LogP contribution in [0.3, 0.4) is 0 Å². The summed E-state index contributed by atoms with van der Waals surface area (Å²) in [6.07, 6.45) is 6.17. The zero-order valence-corrected chi connectivity index (χ0v) is 12.5. The van der Waals surface area contributed by atoms with Gasteiger partial charge in [0.25, 0.3) is 0 Å². The van der Waals surface area contributed by atoms with E-state index in [0.29, 0.717) is 39.0 Å². The second-order valence-corrected chi connectivity index (χ2v) is 6.11. The lowest BCUT2D eigenvalue weighted by Gasteiger charge is -2.35. The molecule has 1 unspecified atom stereocenters. The van der Waals surface area contributed by atoms with Gasteiger partial charge in [-0.25, -0.2) is 0 Å². The van der Waals surface area contributed by atoms with Gasteiger partial charge in [0.1, 0.15) is 0 Å². The third-order valence-electron chi connectivity index (χ3n) is 4.33. The molecule has 2 fully saturated rings. The predicted molar refractivity (Wildman–Crippen MR) is 75.5 cm³/mol. The van der Waals surface area contributed by atoms with Crippen LogP contribution in [0.15, 0.2) is 0 Å². The Balaban J connectivity index is 1.70. The zero-order chi connectivity index (χ0) is 14.4. The molecule has 2 heterocycles. The average Bonchev–Trinajstić information content (AvgIpc) is 2.46. The van der Waals surface area contributed by atoms with Crippen LogP contribution in [-0.4, -0.2) is 61.0 Å². The number of hydrogen-bond acceptors (Lipinski definition) is 4. The van der Waals surface area contributed by atoms with Crippen LogP contribution in [0.25, 0.3) is 0 Å². The van der Waals surface area contributed by atoms with E-state index in [4.69, 9.17) is 9.47 Å². The monoisotopic (exact) mass is 285 g/mol. The van der Waals surface area contributed by atoms with Crippen LogP contribution in [0.1, 0.15) is 44.9 Å². The molecular formula is C15H27NO4. The maximum Gasteiger partial charge on any atom is 0.222 e. The normalized spacial score (nSPS) is 26.2. The Morgan fingerprint density at radius 2 is 2.05 bits per heavy atom. The maximum absolute atomic E-state index is 12.1. The molecule has 2 aliphatic heterocycles. The molecule has 5 nitrogen and oxygen atoms in total. The molecular weight excluding hydrogens is 258 g/mol. The number of likely N-dealkylation sites (N-methyl/N-ethyl adjacent to an activating group) is 1. The van der Waals surface area contributed by atoms with Crippen molar-refractivity contribution in [3.63, 3.8) is 0 Å². The number of hydrogen-bond donors (Lipinski definition) is 1. The standard InChI is InChI=1S/C15H27NO4/c1-16(12-15(18)7-10-19-11-8-15)14(17)6-5-13-4-2-3-9-20-13/h13,18H,2-12H2,1H3. The minimum atomic E-state index is -0.774. The second-order valence-electron chi connectivity index (χ2n) is 6.11. The smallest absolute Gasteiger partial charge is 0.222 e. The molecule has 0 bridgehead atoms. The van der Waals surface area contributed by atoms with E-state index in [9.17, 15) is 9.90 Å². The minimum absolute atomic E-state index is 0.0964. The Bertz CT molecular complexity index is 309. The summed E-state index contributed by atoms with van der Waals surface area (Å²) in [5.74, 6) is 0.0964. The summed E-state index contributed by atoms with van der Waals surface area (Å²) in [6, 6.07) is 0. The minimum Gasteiger partial charge on any atom is -0.388 e. The topological polar surface area (TPSA) is 59.0 Å². The Morgan fingerprint density at radius 1 is 1.30 bits per heavy atom. The van der Waals surface area contributed by atoms with E-state index >= 15 is 0 Å². The molecule has 1 amide bonds. The highest BCUT2D eigenvalue weighted by Gasteiger charge is 2.32. The van der Waals surface area contributed by atoms with Crippen LogP contribution in [0.5, 0.6) is 0 Å². The van der Waals surface area contributed by atoms with Gasteiger partial charge in [-0.05, 0) is 25.7 Å². The van der Waals surface area contributed by atoms with Gasteiger partial charge < -0.3 is 19.5 Å². The number of carbonyl (C=O) groups excluding carboxylic acids is 1. The van der Waals surface area contributed by atoms with Gasteiger partial charge in [-0.3, -0.25) is 4.79 Å². The molecule has 0 aromatic rings. The molecule has 1 atom stereocenters. The van der Waals surface area contributed by atoms with Crippen molar-refractivity contribution in [3.05, 3.63) is 0 Å². The number of carbonyl (C=O) groups is 1. The zero-order valence-electron chi connectivity index (χ0n) is 12.5. The van der Waals surface area contributed by atoms with Crippen LogP contribution in [0.2, 0.25) is 0 Å². The van der Waals surface area contributed by atoms with E-state index in [1.165, 1.54) is 6.42 Å². The highest BCUT2D eigenvalue weighted by molar-refractivity contribution is 5.75. The molecule has 2 aliphatic rings. The van der Waals surface area contributed by atoms with Crippen LogP contribution in [0, 0.1) is 0 Å². The molecule has 0 spiro atoms. The Hall–Kier alpha value is -0.650. The lowest BCUT2D eigenvalue weighted by Crippen LogP contribution is -2.47.